The van der Waals surface area contributed by atoms with E-state index in [1.165, 1.54) is 44.5 Å². The Labute approximate surface area is 129 Å². The molecule has 2 heterocycles. The van der Waals surface area contributed by atoms with E-state index in [1.807, 2.05) is 0 Å². The number of nitrogens with zero attached hydrogens (tertiary/aromatic N) is 3. The van der Waals surface area contributed by atoms with E-state index in [0.29, 0.717) is 0 Å². The van der Waals surface area contributed by atoms with Gasteiger partial charge in [0.15, 0.2) is 0 Å². The highest BCUT2D eigenvalue weighted by Crippen LogP contribution is 2.15. The molecule has 0 aliphatic carbocycles. The Kier molecular flexibility index (Phi) is 7.31. The molecule has 0 saturated carbocycles. The third kappa shape index (κ3) is 4.95. The van der Waals surface area contributed by atoms with Crippen molar-refractivity contribution in [2.24, 2.45) is 0 Å². The van der Waals surface area contributed by atoms with Gasteiger partial charge in [0.25, 0.3) is 0 Å². The number of aryl methyl sites for hydroxylation is 2. The fourth-order valence-electron chi connectivity index (χ4n) is 2.86. The Morgan fingerprint density at radius 1 is 1.15 bits per heavy atom. The summed E-state index contributed by atoms with van der Waals surface area (Å²) in [6.45, 7) is 12.3. The molecule has 20 heavy (non-hydrogen) atoms. The third-order valence-electron chi connectivity index (χ3n) is 3.92. The van der Waals surface area contributed by atoms with Gasteiger partial charge in [0.1, 0.15) is 5.82 Å². The third-order valence-corrected chi connectivity index (χ3v) is 3.92. The van der Waals surface area contributed by atoms with Crippen LogP contribution < -0.4 is 4.90 Å². The molecule has 0 spiro atoms. The molecule has 0 radical (unpaired) electrons. The number of piperidine rings is 1. The Morgan fingerprint density at radius 2 is 1.85 bits per heavy atom. The van der Waals surface area contributed by atoms with Crippen LogP contribution in [0.3, 0.4) is 0 Å². The first-order valence-electron chi connectivity index (χ1n) is 7.61. The normalized spacial score (nSPS) is 15.8. The molecule has 3 nitrogen and oxygen atoms in total. The Hall–Kier alpha value is -0.800. The molecule has 114 valence electrons. The summed E-state index contributed by atoms with van der Waals surface area (Å²) in [6, 6.07) is 4.34. The second-order valence-electron chi connectivity index (χ2n) is 5.63. The van der Waals surface area contributed by atoms with Gasteiger partial charge in [-0.2, -0.15) is 0 Å². The van der Waals surface area contributed by atoms with E-state index in [-0.39, 0.29) is 12.4 Å². The van der Waals surface area contributed by atoms with Crippen LogP contribution in [0.1, 0.15) is 37.4 Å². The minimum atomic E-state index is 0. The van der Waals surface area contributed by atoms with E-state index in [2.05, 4.69) is 47.7 Å². The van der Waals surface area contributed by atoms with Crippen LogP contribution in [0.5, 0.6) is 0 Å². The van der Waals surface area contributed by atoms with Crippen molar-refractivity contribution in [3.63, 3.8) is 0 Å². The van der Waals surface area contributed by atoms with Gasteiger partial charge in [-0.05, 0) is 64.4 Å². The van der Waals surface area contributed by atoms with Crippen LogP contribution in [0.15, 0.2) is 12.1 Å². The van der Waals surface area contributed by atoms with Gasteiger partial charge < -0.3 is 9.80 Å². The number of rotatable bonds is 5. The van der Waals surface area contributed by atoms with Crippen LogP contribution >= 0.6 is 12.4 Å². The summed E-state index contributed by atoms with van der Waals surface area (Å²) in [5.41, 5.74) is 2.42. The lowest BCUT2D eigenvalue weighted by molar-refractivity contribution is 0.233. The molecule has 4 heteroatoms. The minimum absolute atomic E-state index is 0. The maximum Gasteiger partial charge on any atom is 0.129 e. The lowest BCUT2D eigenvalue weighted by atomic mass is 10.1. The minimum Gasteiger partial charge on any atom is -0.356 e. The molecular weight excluding hydrogens is 270 g/mol. The molecule has 1 fully saturated rings. The van der Waals surface area contributed by atoms with Crippen LogP contribution in [0, 0.1) is 13.8 Å². The molecular formula is C16H28ClN3. The monoisotopic (exact) mass is 297 g/mol. The first-order chi connectivity index (χ1) is 9.19. The summed E-state index contributed by atoms with van der Waals surface area (Å²) in [4.78, 5) is 9.67. The number of halogens is 1. The fraction of sp³-hybridized carbons (Fsp3) is 0.688. The predicted molar refractivity (Wildman–Crippen MR) is 89.1 cm³/mol. The number of hydrogen-bond donors (Lipinski definition) is 0. The highest BCUT2D eigenvalue weighted by molar-refractivity contribution is 5.85. The maximum atomic E-state index is 4.68. The van der Waals surface area contributed by atoms with Crippen LogP contribution in [0.4, 0.5) is 5.82 Å². The van der Waals surface area contributed by atoms with Gasteiger partial charge in [-0.25, -0.2) is 4.98 Å². The van der Waals surface area contributed by atoms with Gasteiger partial charge in [0.2, 0.25) is 0 Å². The number of pyridine rings is 1. The van der Waals surface area contributed by atoms with Crippen molar-refractivity contribution in [2.75, 3.05) is 37.6 Å². The lowest BCUT2D eigenvalue weighted by Crippen LogP contribution is -2.38. The zero-order valence-corrected chi connectivity index (χ0v) is 13.9. The summed E-state index contributed by atoms with van der Waals surface area (Å²) >= 11 is 0. The fourth-order valence-corrected chi connectivity index (χ4v) is 2.86. The summed E-state index contributed by atoms with van der Waals surface area (Å²) < 4.78 is 0. The lowest BCUT2D eigenvalue weighted by Gasteiger charge is -2.30. The highest BCUT2D eigenvalue weighted by atomic mass is 35.5. The summed E-state index contributed by atoms with van der Waals surface area (Å²) in [5.74, 6) is 1.14. The van der Waals surface area contributed by atoms with Crippen molar-refractivity contribution in [2.45, 2.75) is 40.0 Å². The molecule has 0 unspecified atom stereocenters. The average molecular weight is 298 g/mol. The van der Waals surface area contributed by atoms with Crippen molar-refractivity contribution >= 4 is 18.2 Å². The van der Waals surface area contributed by atoms with E-state index in [0.717, 1.165) is 24.6 Å². The second-order valence-corrected chi connectivity index (χ2v) is 5.63. The highest BCUT2D eigenvalue weighted by Gasteiger charge is 2.12. The summed E-state index contributed by atoms with van der Waals surface area (Å²) in [5, 5.41) is 0. The van der Waals surface area contributed by atoms with Gasteiger partial charge in [-0.3, -0.25) is 0 Å². The van der Waals surface area contributed by atoms with Crippen molar-refractivity contribution in [1.82, 2.24) is 9.88 Å². The number of aromatic nitrogens is 1. The molecule has 1 aliphatic heterocycles. The maximum absolute atomic E-state index is 4.68. The molecule has 0 aromatic carbocycles. The molecule has 2 rings (SSSR count). The van der Waals surface area contributed by atoms with Gasteiger partial charge in [0, 0.05) is 25.3 Å². The summed E-state index contributed by atoms with van der Waals surface area (Å²) in [6.07, 6.45) is 4.15. The second kappa shape index (κ2) is 8.48. The molecule has 1 aromatic rings. The summed E-state index contributed by atoms with van der Waals surface area (Å²) in [7, 11) is 0. The predicted octanol–water partition coefficient (Wildman–Crippen LogP) is 3.43. The van der Waals surface area contributed by atoms with E-state index in [4.69, 9.17) is 0 Å². The molecule has 0 N–H and O–H groups in total. The molecule has 1 aliphatic rings. The first-order valence-corrected chi connectivity index (χ1v) is 7.61. The number of anilines is 1. The molecule has 0 bridgehead atoms. The van der Waals surface area contributed by atoms with Gasteiger partial charge in [-0.15, -0.1) is 12.4 Å². The largest absolute Gasteiger partial charge is 0.356 e. The van der Waals surface area contributed by atoms with Crippen molar-refractivity contribution in [3.05, 3.63) is 23.4 Å². The Balaban J connectivity index is 0.00000200. The van der Waals surface area contributed by atoms with Crippen LogP contribution in [-0.2, 0) is 0 Å². The molecule has 1 saturated heterocycles. The quantitative estimate of drug-likeness (QED) is 0.830. The van der Waals surface area contributed by atoms with Crippen molar-refractivity contribution in [3.8, 4) is 0 Å². The molecule has 0 amide bonds. The van der Waals surface area contributed by atoms with Crippen molar-refractivity contribution in [1.29, 1.82) is 0 Å². The van der Waals surface area contributed by atoms with E-state index in [1.54, 1.807) is 0 Å². The Morgan fingerprint density at radius 3 is 2.45 bits per heavy atom. The van der Waals surface area contributed by atoms with Crippen molar-refractivity contribution < 1.29 is 0 Å². The van der Waals surface area contributed by atoms with Crippen LogP contribution in [0.2, 0.25) is 0 Å². The van der Waals surface area contributed by atoms with E-state index < -0.39 is 0 Å². The Bertz CT molecular complexity index is 382. The first kappa shape index (κ1) is 17.3. The zero-order chi connectivity index (χ0) is 13.7. The number of hydrogen-bond acceptors (Lipinski definition) is 3. The SMILES string of the molecule is CCN(CCN1CCCCC1)c1cc(C)cc(C)n1.Cl. The smallest absolute Gasteiger partial charge is 0.129 e. The van der Waals surface area contributed by atoms with E-state index >= 15 is 0 Å². The topological polar surface area (TPSA) is 19.4 Å². The number of likely N-dealkylation sites (N-methyl/N-ethyl adjacent to an activating group) is 1. The van der Waals surface area contributed by atoms with Gasteiger partial charge in [0.05, 0.1) is 0 Å². The van der Waals surface area contributed by atoms with Gasteiger partial charge >= 0.3 is 0 Å². The average Bonchev–Trinajstić information content (AvgIpc) is 2.39. The molecule has 0 atom stereocenters. The molecule has 1 aromatic heterocycles. The standard InChI is InChI=1S/C16H27N3.ClH/c1-4-19(11-10-18-8-6-5-7-9-18)16-13-14(2)12-15(3)17-16;/h12-13H,4-11H2,1-3H3;1H. The van der Waals surface area contributed by atoms with E-state index in [9.17, 15) is 0 Å². The van der Waals surface area contributed by atoms with Crippen LogP contribution in [-0.4, -0.2) is 42.6 Å². The van der Waals surface area contributed by atoms with Crippen LogP contribution in [0.25, 0.3) is 0 Å². The zero-order valence-electron chi connectivity index (χ0n) is 13.1. The van der Waals surface area contributed by atoms with Gasteiger partial charge in [-0.1, -0.05) is 6.42 Å². The number of likely N-dealkylation sites (tertiary alicyclic amines) is 1.